The molecule has 0 bridgehead atoms. The van der Waals surface area contributed by atoms with Crippen molar-refractivity contribution in [1.82, 2.24) is 0 Å². The molecule has 1 atom stereocenters. The van der Waals surface area contributed by atoms with Crippen LogP contribution in [0.15, 0.2) is 0 Å². The zero-order chi connectivity index (χ0) is 4.28. The fourth-order valence-electron chi connectivity index (χ4n) is 0. The number of carbonyl (C=O) groups is 1. The Morgan fingerprint density at radius 1 is 2.00 bits per heavy atom. The van der Waals surface area contributed by atoms with Gasteiger partial charge >= 0.3 is 35.5 Å². The van der Waals surface area contributed by atoms with E-state index in [0.29, 0.717) is 0 Å². The Balaban J connectivity index is -0.0000000800. The van der Waals surface area contributed by atoms with Gasteiger partial charge in [-0.3, -0.25) is 4.79 Å². The van der Waals surface area contributed by atoms with Crippen molar-refractivity contribution in [2.75, 3.05) is 0 Å². The van der Waals surface area contributed by atoms with E-state index in [1.165, 1.54) is 6.92 Å². The van der Waals surface area contributed by atoms with Crippen molar-refractivity contribution in [2.24, 2.45) is 0 Å². The van der Waals surface area contributed by atoms with Gasteiger partial charge in [0.05, 0.1) is 9.47 Å². The summed E-state index contributed by atoms with van der Waals surface area (Å²) in [5.41, 5.74) is 0. The van der Waals surface area contributed by atoms with Crippen molar-refractivity contribution in [1.29, 1.82) is 0 Å². The Hall–Kier alpha value is 0.900. The monoisotopic (exact) mass is 116 g/mol. The summed E-state index contributed by atoms with van der Waals surface area (Å²) in [6.45, 7) is 1.34. The fourth-order valence-corrected chi connectivity index (χ4v) is 0. The molecule has 0 aliphatic rings. The van der Waals surface area contributed by atoms with E-state index in [0.717, 1.165) is 0 Å². The normalized spacial score (nSPS) is 5.67. The molecule has 0 spiro atoms. The molecule has 4 heteroatoms. The molecule has 0 aromatic carbocycles. The van der Waals surface area contributed by atoms with Crippen LogP contribution in [0.5, 0.6) is 0 Å². The summed E-state index contributed by atoms with van der Waals surface area (Å²) in [5, 5.41) is 0. The third kappa shape index (κ3) is 8.86. The summed E-state index contributed by atoms with van der Waals surface area (Å²) >= 11 is 0. The zero-order valence-corrected chi connectivity index (χ0v) is 7.05. The molecule has 0 aromatic rings. The van der Waals surface area contributed by atoms with Gasteiger partial charge in [0.15, 0.2) is 0 Å². The molecule has 0 rings (SSSR count). The van der Waals surface area contributed by atoms with Crippen LogP contribution in [0.3, 0.4) is 0 Å². The van der Waals surface area contributed by atoms with Crippen LogP contribution in [0.2, 0.25) is 0 Å². The molecule has 0 aromatic heterocycles. The molecule has 0 aliphatic carbocycles. The molecular formula is C2H6NaO2P. The van der Waals surface area contributed by atoms with Crippen LogP contribution in [-0.2, 0) is 9.32 Å². The van der Waals surface area contributed by atoms with Gasteiger partial charge in [0.2, 0.25) is 0 Å². The van der Waals surface area contributed by atoms with Gasteiger partial charge in [-0.05, 0) is 0 Å². The van der Waals surface area contributed by atoms with Crippen molar-refractivity contribution in [3.05, 3.63) is 0 Å². The van der Waals surface area contributed by atoms with Crippen LogP contribution in [0.25, 0.3) is 0 Å². The Labute approximate surface area is 62.7 Å². The maximum Gasteiger partial charge on any atom is 1.00 e. The second-order valence-electron chi connectivity index (χ2n) is 0.609. The van der Waals surface area contributed by atoms with E-state index < -0.39 is 0 Å². The molecule has 0 fully saturated rings. The second kappa shape index (κ2) is 5.90. The molecule has 0 aliphatic heterocycles. The minimum Gasteiger partial charge on any atom is -1.00 e. The van der Waals surface area contributed by atoms with Crippen molar-refractivity contribution in [2.45, 2.75) is 6.92 Å². The van der Waals surface area contributed by atoms with Crippen molar-refractivity contribution < 1.29 is 40.3 Å². The summed E-state index contributed by atoms with van der Waals surface area (Å²) in [6, 6.07) is 0. The third-order valence-corrected chi connectivity index (χ3v) is 0.498. The zero-order valence-electron chi connectivity index (χ0n) is 4.89. The smallest absolute Gasteiger partial charge is 1.00 e. The van der Waals surface area contributed by atoms with Gasteiger partial charge in [0.1, 0.15) is 0 Å². The first-order chi connectivity index (χ1) is 2.27. The molecule has 0 saturated carbocycles. The Morgan fingerprint density at radius 2 is 2.17 bits per heavy atom. The summed E-state index contributed by atoms with van der Waals surface area (Å²) in [5.74, 6) is -0.282. The fraction of sp³-hybridized carbons (Fsp3) is 0.500. The number of hydrogen-bond acceptors (Lipinski definition) is 2. The maximum atomic E-state index is 9.57. The molecular weight excluding hydrogens is 110 g/mol. The summed E-state index contributed by atoms with van der Waals surface area (Å²) < 4.78 is 4.03. The summed E-state index contributed by atoms with van der Waals surface area (Å²) in [4.78, 5) is 9.57. The Kier molecular flexibility index (Phi) is 9.84. The van der Waals surface area contributed by atoms with E-state index in [1.54, 1.807) is 0 Å². The first kappa shape index (κ1) is 10.0. The van der Waals surface area contributed by atoms with Crippen LogP contribution >= 0.6 is 9.47 Å². The quantitative estimate of drug-likeness (QED) is 0.257. The van der Waals surface area contributed by atoms with E-state index in [4.69, 9.17) is 0 Å². The van der Waals surface area contributed by atoms with Gasteiger partial charge in [0, 0.05) is 6.92 Å². The molecule has 0 saturated heterocycles. The van der Waals surface area contributed by atoms with E-state index >= 15 is 0 Å². The average Bonchev–Trinajstić information content (AvgIpc) is 1.38. The van der Waals surface area contributed by atoms with Gasteiger partial charge < -0.3 is 5.95 Å². The van der Waals surface area contributed by atoms with Gasteiger partial charge in [-0.15, -0.1) is 0 Å². The topological polar surface area (TPSA) is 26.3 Å². The Morgan fingerprint density at radius 3 is 2.17 bits per heavy atom. The van der Waals surface area contributed by atoms with Crippen LogP contribution in [0.1, 0.15) is 8.35 Å². The molecule has 0 N–H and O–H groups in total. The first-order valence-electron chi connectivity index (χ1n) is 1.14. The molecule has 2 nitrogen and oxygen atoms in total. The van der Waals surface area contributed by atoms with Gasteiger partial charge in [-0.1, -0.05) is 0 Å². The van der Waals surface area contributed by atoms with E-state index in [2.05, 4.69) is 4.52 Å². The molecule has 1 unspecified atom stereocenters. The van der Waals surface area contributed by atoms with E-state index in [9.17, 15) is 4.79 Å². The molecule has 32 valence electrons. The van der Waals surface area contributed by atoms with Crippen molar-refractivity contribution >= 4 is 15.4 Å². The molecule has 0 radical (unpaired) electrons. The first-order valence-corrected chi connectivity index (χ1v) is 1.62. The third-order valence-electron chi connectivity index (χ3n) is 0.166. The van der Waals surface area contributed by atoms with Crippen LogP contribution in [-0.4, -0.2) is 5.97 Å². The largest absolute Gasteiger partial charge is 1.00 e. The SMILES string of the molecule is CC(=O)OP.[H-].[Na+]. The maximum absolute atomic E-state index is 9.57. The van der Waals surface area contributed by atoms with Gasteiger partial charge in [-0.25, -0.2) is 0 Å². The van der Waals surface area contributed by atoms with E-state index in [-0.39, 0.29) is 37.0 Å². The molecule has 6 heavy (non-hydrogen) atoms. The van der Waals surface area contributed by atoms with Crippen LogP contribution in [0, 0.1) is 0 Å². The summed E-state index contributed by atoms with van der Waals surface area (Å²) in [6.07, 6.45) is 0. The van der Waals surface area contributed by atoms with Crippen LogP contribution < -0.4 is 29.6 Å². The van der Waals surface area contributed by atoms with Gasteiger partial charge in [0.25, 0.3) is 0 Å². The predicted molar refractivity (Wildman–Crippen MR) is 22.6 cm³/mol. The Bertz CT molecular complexity index is 51.0. The standard InChI is InChI=1S/C2H5O2P.Na.H/c1-2(3)4-5;;/h5H2,1H3;;/q;+1;-1. The van der Waals surface area contributed by atoms with Crippen molar-refractivity contribution in [3.63, 3.8) is 0 Å². The second-order valence-corrected chi connectivity index (χ2v) is 0.845. The minimum absolute atomic E-state index is 0. The van der Waals surface area contributed by atoms with E-state index in [1.807, 2.05) is 9.47 Å². The number of carbonyl (C=O) groups excluding carboxylic acids is 1. The summed E-state index contributed by atoms with van der Waals surface area (Å²) in [7, 11) is 1.84. The molecule has 0 heterocycles. The molecule has 0 amide bonds. The van der Waals surface area contributed by atoms with Gasteiger partial charge in [-0.2, -0.15) is 0 Å². The van der Waals surface area contributed by atoms with Crippen LogP contribution in [0.4, 0.5) is 0 Å². The number of rotatable bonds is 0. The average molecular weight is 116 g/mol. The minimum atomic E-state index is -0.282. The predicted octanol–water partition coefficient (Wildman–Crippen LogP) is -2.54. The number of hydrogen-bond donors (Lipinski definition) is 0. The van der Waals surface area contributed by atoms with Crippen molar-refractivity contribution in [3.8, 4) is 0 Å².